The fraction of sp³-hybridized carbons (Fsp3) is 0.421. The maximum absolute atomic E-state index is 5.92. The van der Waals surface area contributed by atoms with Crippen molar-refractivity contribution in [2.24, 2.45) is 0 Å². The molecule has 1 N–H and O–H groups in total. The van der Waals surface area contributed by atoms with Gasteiger partial charge in [0.15, 0.2) is 0 Å². The number of ether oxygens (including phenoxy) is 1. The number of likely N-dealkylation sites (tertiary alicyclic amines) is 1. The first-order chi connectivity index (χ1) is 12.4. The number of hydrogen-bond acceptors (Lipinski definition) is 6. The first-order valence-electron chi connectivity index (χ1n) is 8.88. The number of fused-ring (bicyclic) bond motifs is 1. The van der Waals surface area contributed by atoms with E-state index in [2.05, 4.69) is 43.5 Å². The summed E-state index contributed by atoms with van der Waals surface area (Å²) >= 11 is 3.27. The molecule has 1 aliphatic heterocycles. The fourth-order valence-electron chi connectivity index (χ4n) is 3.25. The van der Waals surface area contributed by atoms with Crippen LogP contribution in [0, 0.1) is 0 Å². The predicted molar refractivity (Wildman–Crippen MR) is 107 cm³/mol. The molecule has 132 valence electrons. The van der Waals surface area contributed by atoms with Gasteiger partial charge in [-0.3, -0.25) is 4.90 Å². The van der Waals surface area contributed by atoms with Gasteiger partial charge in [-0.05, 0) is 55.2 Å². The van der Waals surface area contributed by atoms with Crippen molar-refractivity contribution in [1.82, 2.24) is 9.27 Å². The van der Waals surface area contributed by atoms with E-state index in [1.54, 1.807) is 22.9 Å². The van der Waals surface area contributed by atoms with Crippen LogP contribution >= 0.6 is 22.9 Å². The monoisotopic (exact) mass is 373 g/mol. The summed E-state index contributed by atoms with van der Waals surface area (Å²) in [5, 5.41) is 8.88. The molecule has 0 atom stereocenters. The van der Waals surface area contributed by atoms with Crippen molar-refractivity contribution < 1.29 is 4.74 Å². The topological polar surface area (TPSA) is 37.4 Å². The molecule has 0 aliphatic carbocycles. The molecule has 1 aliphatic rings. The molecule has 1 fully saturated rings. The molecular weight excluding hydrogens is 350 g/mol. The number of anilines is 1. The summed E-state index contributed by atoms with van der Waals surface area (Å²) in [5.74, 6) is 1.93. The Balaban J connectivity index is 1.26. The lowest BCUT2D eigenvalue weighted by Crippen LogP contribution is -2.29. The van der Waals surface area contributed by atoms with Gasteiger partial charge in [-0.1, -0.05) is 18.6 Å². The van der Waals surface area contributed by atoms with Crippen molar-refractivity contribution in [3.8, 4) is 5.75 Å². The maximum Gasteiger partial charge on any atom is 0.148 e. The van der Waals surface area contributed by atoms with Gasteiger partial charge in [0.1, 0.15) is 18.2 Å². The number of rotatable bonds is 7. The minimum absolute atomic E-state index is 0.635. The van der Waals surface area contributed by atoms with Crippen LogP contribution in [0.1, 0.15) is 24.8 Å². The molecular formula is C19H23N3OS2. The Morgan fingerprint density at radius 3 is 3.00 bits per heavy atom. The van der Waals surface area contributed by atoms with Crippen LogP contribution in [-0.4, -0.2) is 35.5 Å². The van der Waals surface area contributed by atoms with Crippen molar-refractivity contribution in [3.63, 3.8) is 0 Å². The quantitative estimate of drug-likeness (QED) is 0.602. The van der Waals surface area contributed by atoms with E-state index in [0.717, 1.165) is 24.7 Å². The summed E-state index contributed by atoms with van der Waals surface area (Å²) in [6.07, 6.45) is 4.04. The van der Waals surface area contributed by atoms with Gasteiger partial charge < -0.3 is 10.1 Å². The number of hydrogen-bond donors (Lipinski definition) is 1. The first-order valence-corrected chi connectivity index (χ1v) is 10.6. The lowest BCUT2D eigenvalue weighted by atomic mass is 10.1. The molecule has 1 saturated heterocycles. The van der Waals surface area contributed by atoms with Crippen LogP contribution in [0.3, 0.4) is 0 Å². The zero-order chi connectivity index (χ0) is 16.9. The molecule has 2 aromatic heterocycles. The molecule has 3 aromatic rings. The molecule has 4 rings (SSSR count). The zero-order valence-corrected chi connectivity index (χ0v) is 15.9. The molecule has 0 amide bonds. The van der Waals surface area contributed by atoms with E-state index in [1.165, 1.54) is 48.0 Å². The lowest BCUT2D eigenvalue weighted by Gasteiger charge is -2.26. The molecule has 3 heterocycles. The highest BCUT2D eigenvalue weighted by molar-refractivity contribution is 7.19. The lowest BCUT2D eigenvalue weighted by molar-refractivity contribution is 0.220. The molecule has 25 heavy (non-hydrogen) atoms. The van der Waals surface area contributed by atoms with Gasteiger partial charge in [-0.2, -0.15) is 15.7 Å². The average molecular weight is 374 g/mol. The number of benzene rings is 1. The molecule has 0 bridgehead atoms. The third kappa shape index (κ3) is 4.32. The minimum atomic E-state index is 0.635. The van der Waals surface area contributed by atoms with Gasteiger partial charge in [0, 0.05) is 22.7 Å². The Labute approximate surface area is 156 Å². The standard InChI is InChI=1S/C19H23N3OS2/c1-2-8-22(9-3-1)12-15-5-4-6-16(11-15)23-10-7-20-19-17-13-24-14-18(17)25-21-19/h4-6,11,13-14H,1-3,7-10,12H2,(H,20,21). The number of piperidine rings is 1. The predicted octanol–water partition coefficient (Wildman–Crippen LogP) is 4.83. The highest BCUT2D eigenvalue weighted by Gasteiger charge is 2.10. The summed E-state index contributed by atoms with van der Waals surface area (Å²) in [6, 6.07) is 8.51. The van der Waals surface area contributed by atoms with Crippen LogP contribution in [0.4, 0.5) is 5.82 Å². The van der Waals surface area contributed by atoms with E-state index in [1.807, 2.05) is 6.07 Å². The summed E-state index contributed by atoms with van der Waals surface area (Å²) in [4.78, 5) is 2.54. The maximum atomic E-state index is 5.92. The normalized spacial score (nSPS) is 15.5. The summed E-state index contributed by atoms with van der Waals surface area (Å²) < 4.78 is 11.6. The van der Waals surface area contributed by atoms with Gasteiger partial charge >= 0.3 is 0 Å². The van der Waals surface area contributed by atoms with Crippen molar-refractivity contribution in [3.05, 3.63) is 40.6 Å². The van der Waals surface area contributed by atoms with Crippen molar-refractivity contribution in [1.29, 1.82) is 0 Å². The Morgan fingerprint density at radius 2 is 2.08 bits per heavy atom. The van der Waals surface area contributed by atoms with Gasteiger partial charge in [0.05, 0.1) is 11.2 Å². The highest BCUT2D eigenvalue weighted by Crippen LogP contribution is 2.29. The largest absolute Gasteiger partial charge is 0.492 e. The Hall–Kier alpha value is -1.63. The first kappa shape index (κ1) is 16.8. The van der Waals surface area contributed by atoms with Crippen molar-refractivity contribution >= 4 is 38.8 Å². The van der Waals surface area contributed by atoms with Gasteiger partial charge in [-0.25, -0.2) is 0 Å². The third-order valence-electron chi connectivity index (χ3n) is 4.53. The second-order valence-electron chi connectivity index (χ2n) is 6.44. The van der Waals surface area contributed by atoms with Gasteiger partial charge in [0.2, 0.25) is 0 Å². The highest BCUT2D eigenvalue weighted by atomic mass is 32.1. The Morgan fingerprint density at radius 1 is 1.16 bits per heavy atom. The summed E-state index contributed by atoms with van der Waals surface area (Å²) in [7, 11) is 0. The van der Waals surface area contributed by atoms with Crippen LogP contribution in [0.25, 0.3) is 10.1 Å². The molecule has 6 heteroatoms. The van der Waals surface area contributed by atoms with Crippen LogP contribution in [0.2, 0.25) is 0 Å². The van der Waals surface area contributed by atoms with E-state index in [-0.39, 0.29) is 0 Å². The van der Waals surface area contributed by atoms with Crippen LogP contribution in [-0.2, 0) is 6.54 Å². The van der Waals surface area contributed by atoms with Crippen LogP contribution in [0.5, 0.6) is 5.75 Å². The molecule has 0 unspecified atom stereocenters. The molecule has 1 aromatic carbocycles. The van der Waals surface area contributed by atoms with E-state index >= 15 is 0 Å². The van der Waals surface area contributed by atoms with Crippen LogP contribution in [0.15, 0.2) is 35.0 Å². The Bertz CT molecular complexity index is 808. The number of thiophene rings is 1. The van der Waals surface area contributed by atoms with Crippen LogP contribution < -0.4 is 10.1 Å². The number of nitrogens with one attached hydrogen (secondary N) is 1. The molecule has 0 saturated carbocycles. The molecule has 4 nitrogen and oxygen atoms in total. The SMILES string of the molecule is c1cc(CN2CCCCC2)cc(OCCNc2nsc3cscc23)c1. The van der Waals surface area contributed by atoms with Gasteiger partial charge in [0.25, 0.3) is 0 Å². The van der Waals surface area contributed by atoms with E-state index in [0.29, 0.717) is 6.61 Å². The Kier molecular flexibility index (Phi) is 5.49. The minimum Gasteiger partial charge on any atom is -0.492 e. The smallest absolute Gasteiger partial charge is 0.148 e. The third-order valence-corrected chi connectivity index (χ3v) is 6.23. The van der Waals surface area contributed by atoms with E-state index < -0.39 is 0 Å². The molecule has 0 spiro atoms. The van der Waals surface area contributed by atoms with Gasteiger partial charge in [-0.15, -0.1) is 0 Å². The molecule has 0 radical (unpaired) electrons. The summed E-state index contributed by atoms with van der Waals surface area (Å²) in [6.45, 7) is 4.87. The van der Waals surface area contributed by atoms with E-state index in [9.17, 15) is 0 Å². The zero-order valence-electron chi connectivity index (χ0n) is 14.2. The van der Waals surface area contributed by atoms with E-state index in [4.69, 9.17) is 4.74 Å². The second kappa shape index (κ2) is 8.17. The average Bonchev–Trinajstić information content (AvgIpc) is 3.24. The second-order valence-corrected chi connectivity index (χ2v) is 7.99. The fourth-order valence-corrected chi connectivity index (χ4v) is 4.96. The van der Waals surface area contributed by atoms with Crippen molar-refractivity contribution in [2.45, 2.75) is 25.8 Å². The van der Waals surface area contributed by atoms with Crippen molar-refractivity contribution in [2.75, 3.05) is 31.6 Å². The number of nitrogens with zero attached hydrogens (tertiary/aromatic N) is 2. The number of aromatic nitrogens is 1. The summed E-state index contributed by atoms with van der Waals surface area (Å²) in [5.41, 5.74) is 1.34.